The van der Waals surface area contributed by atoms with Crippen LogP contribution in [0.1, 0.15) is 32.3 Å². The molecule has 3 amide bonds. The van der Waals surface area contributed by atoms with Gasteiger partial charge in [-0.3, -0.25) is 9.69 Å². The van der Waals surface area contributed by atoms with Crippen LogP contribution in [0.4, 0.5) is 16.2 Å². The van der Waals surface area contributed by atoms with Gasteiger partial charge in [-0.25, -0.2) is 9.59 Å². The molecule has 0 aromatic heterocycles. The van der Waals surface area contributed by atoms with Gasteiger partial charge in [-0.1, -0.05) is 80.6 Å². The highest BCUT2D eigenvalue weighted by Crippen LogP contribution is 2.35. The summed E-state index contributed by atoms with van der Waals surface area (Å²) in [6.07, 6.45) is 1.10. The number of para-hydroxylation sites is 2. The Bertz CT molecular complexity index is 1180. The molecule has 0 spiro atoms. The summed E-state index contributed by atoms with van der Waals surface area (Å²) in [5, 5.41) is 10.2. The third-order valence-corrected chi connectivity index (χ3v) is 7.36. The van der Waals surface area contributed by atoms with Gasteiger partial charge in [0.25, 0.3) is 0 Å². The Kier molecular flexibility index (Phi) is 9.58. The predicted octanol–water partition coefficient (Wildman–Crippen LogP) is 5.41. The van der Waals surface area contributed by atoms with Gasteiger partial charge in [0.1, 0.15) is 6.04 Å². The van der Waals surface area contributed by atoms with Gasteiger partial charge < -0.3 is 14.9 Å². The number of carbonyl (C=O) groups is 3. The monoisotopic (exact) mass is 533 g/mol. The highest BCUT2D eigenvalue weighted by Gasteiger charge is 2.46. The Morgan fingerprint density at radius 1 is 0.816 bits per heavy atom. The highest BCUT2D eigenvalue weighted by molar-refractivity contribution is 7.59. The van der Waals surface area contributed by atoms with Gasteiger partial charge in [-0.2, -0.15) is 13.5 Å². The molecule has 1 aliphatic rings. The minimum Gasteiger partial charge on any atom is -0.480 e. The van der Waals surface area contributed by atoms with E-state index in [4.69, 9.17) is 0 Å². The Morgan fingerprint density at radius 2 is 1.29 bits per heavy atom. The SMILES string of the molecule is CCC(CC)(C(=O)N1CCN(C(=O)N(c2ccccc2)c2ccccc2)C[C@H]1C(=O)O)c1ccccc1.S. The molecule has 1 atom stereocenters. The lowest BCUT2D eigenvalue weighted by Crippen LogP contribution is -2.63. The minimum atomic E-state index is -1.14. The van der Waals surface area contributed by atoms with Gasteiger partial charge in [-0.05, 0) is 42.7 Å². The number of rotatable bonds is 7. The number of hydrogen-bond donors (Lipinski definition) is 1. The van der Waals surface area contributed by atoms with E-state index in [1.807, 2.05) is 105 Å². The molecule has 200 valence electrons. The van der Waals surface area contributed by atoms with Crippen LogP contribution in [0.3, 0.4) is 0 Å². The van der Waals surface area contributed by atoms with Crippen molar-refractivity contribution < 1.29 is 19.5 Å². The van der Waals surface area contributed by atoms with Crippen LogP contribution in [0.2, 0.25) is 0 Å². The van der Waals surface area contributed by atoms with E-state index in [0.29, 0.717) is 24.2 Å². The molecule has 38 heavy (non-hydrogen) atoms. The molecule has 1 heterocycles. The molecule has 8 heteroatoms. The molecule has 1 aliphatic heterocycles. The minimum absolute atomic E-state index is 0. The van der Waals surface area contributed by atoms with Crippen molar-refractivity contribution in [2.75, 3.05) is 24.5 Å². The van der Waals surface area contributed by atoms with E-state index in [1.54, 1.807) is 4.90 Å². The smallest absolute Gasteiger partial charge is 0.329 e. The second-order valence-corrected chi connectivity index (χ2v) is 9.24. The topological polar surface area (TPSA) is 81.2 Å². The van der Waals surface area contributed by atoms with Crippen LogP contribution in [0.25, 0.3) is 0 Å². The fourth-order valence-corrected chi connectivity index (χ4v) is 5.19. The average Bonchev–Trinajstić information content (AvgIpc) is 2.95. The van der Waals surface area contributed by atoms with Gasteiger partial charge in [0.05, 0.1) is 23.3 Å². The number of carboxylic acids is 1. The normalized spacial score (nSPS) is 15.4. The molecule has 3 aromatic rings. The first-order valence-electron chi connectivity index (χ1n) is 12.7. The van der Waals surface area contributed by atoms with Gasteiger partial charge >= 0.3 is 12.0 Å². The third kappa shape index (κ3) is 5.55. The van der Waals surface area contributed by atoms with Gasteiger partial charge in [0.15, 0.2) is 0 Å². The van der Waals surface area contributed by atoms with Crippen LogP contribution in [0.5, 0.6) is 0 Å². The van der Waals surface area contributed by atoms with Crippen molar-refractivity contribution >= 4 is 42.8 Å². The Balaban J connectivity index is 0.00000400. The van der Waals surface area contributed by atoms with E-state index in [-0.39, 0.29) is 45.1 Å². The zero-order valence-electron chi connectivity index (χ0n) is 21.8. The number of carboxylic acid groups (broad SMARTS) is 1. The molecule has 3 aromatic carbocycles. The summed E-state index contributed by atoms with van der Waals surface area (Å²) in [6.45, 7) is 4.22. The molecule has 1 N–H and O–H groups in total. The zero-order valence-corrected chi connectivity index (χ0v) is 22.8. The summed E-state index contributed by atoms with van der Waals surface area (Å²) >= 11 is 0. The number of hydrogen-bond acceptors (Lipinski definition) is 3. The molecule has 0 saturated carbocycles. The number of carbonyl (C=O) groups excluding carboxylic acids is 2. The van der Waals surface area contributed by atoms with Crippen LogP contribution in [0.15, 0.2) is 91.0 Å². The number of amides is 3. The number of aliphatic carboxylic acids is 1. The number of nitrogens with zero attached hydrogens (tertiary/aromatic N) is 3. The number of anilines is 2. The highest BCUT2D eigenvalue weighted by atomic mass is 32.1. The molecular weight excluding hydrogens is 498 g/mol. The number of piperazine rings is 1. The molecule has 0 unspecified atom stereocenters. The van der Waals surface area contributed by atoms with Crippen molar-refractivity contribution in [1.82, 2.24) is 9.80 Å². The standard InChI is InChI=1S/C30H33N3O4.H2S/c1-3-30(4-2,23-14-8-5-9-15-23)28(36)32-21-20-31(22-26(32)27(34)35)29(37)33(24-16-10-6-11-17-24)25-18-12-7-13-19-25;/h5-19,26H,3-4,20-22H2,1-2H3,(H,34,35);1H2/t26-;/m0./s1. The average molecular weight is 534 g/mol. The van der Waals surface area contributed by atoms with Crippen molar-refractivity contribution in [3.8, 4) is 0 Å². The first-order chi connectivity index (χ1) is 17.9. The quantitative estimate of drug-likeness (QED) is 0.440. The summed E-state index contributed by atoms with van der Waals surface area (Å²) in [5.74, 6) is -1.32. The van der Waals surface area contributed by atoms with Gasteiger partial charge in [0, 0.05) is 13.1 Å². The number of benzene rings is 3. The summed E-state index contributed by atoms with van der Waals surface area (Å²) in [5.41, 5.74) is 1.43. The lowest BCUT2D eigenvalue weighted by molar-refractivity contribution is -0.156. The van der Waals surface area contributed by atoms with Crippen LogP contribution < -0.4 is 4.90 Å². The summed E-state index contributed by atoms with van der Waals surface area (Å²) < 4.78 is 0. The molecule has 1 fully saturated rings. The lowest BCUT2D eigenvalue weighted by Gasteiger charge is -2.45. The summed E-state index contributed by atoms with van der Waals surface area (Å²) in [4.78, 5) is 44.8. The molecule has 4 rings (SSSR count). The molecule has 7 nitrogen and oxygen atoms in total. The maximum absolute atomic E-state index is 14.0. The first kappa shape index (κ1) is 28.8. The zero-order chi connectivity index (χ0) is 26.4. The summed E-state index contributed by atoms with van der Waals surface area (Å²) in [6, 6.07) is 26.6. The molecule has 1 saturated heterocycles. The number of urea groups is 1. The maximum atomic E-state index is 14.0. The van der Waals surface area contributed by atoms with Crippen molar-refractivity contribution in [3.05, 3.63) is 96.6 Å². The third-order valence-electron chi connectivity index (χ3n) is 7.36. The van der Waals surface area contributed by atoms with E-state index in [0.717, 1.165) is 5.56 Å². The maximum Gasteiger partial charge on any atom is 0.329 e. The second kappa shape index (κ2) is 12.6. The van der Waals surface area contributed by atoms with Gasteiger partial charge in [0.2, 0.25) is 5.91 Å². The lowest BCUT2D eigenvalue weighted by atomic mass is 9.74. The Labute approximate surface area is 231 Å². The second-order valence-electron chi connectivity index (χ2n) is 9.24. The van der Waals surface area contributed by atoms with E-state index < -0.39 is 17.4 Å². The van der Waals surface area contributed by atoms with E-state index in [1.165, 1.54) is 9.80 Å². The molecule has 0 bridgehead atoms. The van der Waals surface area contributed by atoms with E-state index in [9.17, 15) is 19.5 Å². The van der Waals surface area contributed by atoms with Crippen LogP contribution in [-0.2, 0) is 15.0 Å². The van der Waals surface area contributed by atoms with Crippen molar-refractivity contribution in [2.45, 2.75) is 38.1 Å². The van der Waals surface area contributed by atoms with Crippen LogP contribution in [-0.4, -0.2) is 58.5 Å². The van der Waals surface area contributed by atoms with Gasteiger partial charge in [-0.15, -0.1) is 0 Å². The van der Waals surface area contributed by atoms with Crippen molar-refractivity contribution in [3.63, 3.8) is 0 Å². The fraction of sp³-hybridized carbons (Fsp3) is 0.300. The predicted molar refractivity (Wildman–Crippen MR) is 154 cm³/mol. The van der Waals surface area contributed by atoms with Crippen LogP contribution >= 0.6 is 13.5 Å². The first-order valence-corrected chi connectivity index (χ1v) is 12.7. The Morgan fingerprint density at radius 3 is 1.74 bits per heavy atom. The van der Waals surface area contributed by atoms with Crippen LogP contribution in [0, 0.1) is 0 Å². The van der Waals surface area contributed by atoms with E-state index >= 15 is 0 Å². The Hall–Kier alpha value is -3.78. The molecule has 0 radical (unpaired) electrons. The summed E-state index contributed by atoms with van der Waals surface area (Å²) in [7, 11) is 0. The molecular formula is C30H35N3O4S. The largest absolute Gasteiger partial charge is 0.480 e. The molecule has 0 aliphatic carbocycles. The van der Waals surface area contributed by atoms with Crippen molar-refractivity contribution in [1.29, 1.82) is 0 Å². The fourth-order valence-electron chi connectivity index (χ4n) is 5.19. The van der Waals surface area contributed by atoms with E-state index in [2.05, 4.69) is 0 Å². The van der Waals surface area contributed by atoms with Crippen molar-refractivity contribution in [2.24, 2.45) is 0 Å².